The Kier molecular flexibility index (Phi) is 4.88. The Hall–Kier alpha value is -1.98. The lowest BCUT2D eigenvalue weighted by atomic mass is 9.78. The van der Waals surface area contributed by atoms with Gasteiger partial charge < -0.3 is 9.94 Å². The molecule has 1 aromatic rings. The molecular formula is C15H17F2NO3. The van der Waals surface area contributed by atoms with E-state index in [4.69, 9.17) is 4.74 Å². The van der Waals surface area contributed by atoms with Gasteiger partial charge in [-0.3, -0.25) is 4.79 Å². The number of esters is 1. The van der Waals surface area contributed by atoms with Gasteiger partial charge in [-0.05, 0) is 37.8 Å². The van der Waals surface area contributed by atoms with Crippen molar-refractivity contribution in [3.8, 4) is 0 Å². The highest BCUT2D eigenvalue weighted by Crippen LogP contribution is 2.32. The van der Waals surface area contributed by atoms with E-state index in [2.05, 4.69) is 5.16 Å². The van der Waals surface area contributed by atoms with Crippen LogP contribution in [0.25, 0.3) is 0 Å². The van der Waals surface area contributed by atoms with Crippen LogP contribution in [0.1, 0.15) is 31.2 Å². The Morgan fingerprint density at radius 1 is 1.24 bits per heavy atom. The van der Waals surface area contributed by atoms with Crippen LogP contribution in [-0.4, -0.2) is 24.0 Å². The van der Waals surface area contributed by atoms with Crippen molar-refractivity contribution >= 4 is 11.7 Å². The van der Waals surface area contributed by atoms with Crippen LogP contribution in [0, 0.1) is 23.5 Å². The van der Waals surface area contributed by atoms with Gasteiger partial charge in [0.2, 0.25) is 0 Å². The number of carbonyl (C=O) groups excluding carboxylic acids is 1. The van der Waals surface area contributed by atoms with Crippen molar-refractivity contribution in [2.45, 2.75) is 25.7 Å². The molecule has 1 aliphatic carbocycles. The number of carbonyl (C=O) groups is 1. The largest absolute Gasteiger partial charge is 0.469 e. The van der Waals surface area contributed by atoms with Gasteiger partial charge >= 0.3 is 5.97 Å². The van der Waals surface area contributed by atoms with E-state index in [0.717, 1.165) is 12.1 Å². The standard InChI is InChI=1S/C15H17F2NO3/c1-21-15(19)10-4-2-9(3-5-10)14(18-20)12-7-6-11(16)8-13(12)17/h6-10,20H,2-5H2,1H3/b18-14+. The quantitative estimate of drug-likeness (QED) is 0.403. The third-order valence-corrected chi connectivity index (χ3v) is 3.96. The molecule has 0 unspecified atom stereocenters. The summed E-state index contributed by atoms with van der Waals surface area (Å²) in [4.78, 5) is 11.5. The zero-order valence-electron chi connectivity index (χ0n) is 11.7. The third-order valence-electron chi connectivity index (χ3n) is 3.96. The average molecular weight is 297 g/mol. The predicted molar refractivity (Wildman–Crippen MR) is 72.1 cm³/mol. The minimum absolute atomic E-state index is 0.0976. The van der Waals surface area contributed by atoms with Crippen LogP contribution in [0.15, 0.2) is 23.4 Å². The van der Waals surface area contributed by atoms with Crippen molar-refractivity contribution in [3.63, 3.8) is 0 Å². The number of hydrogen-bond acceptors (Lipinski definition) is 4. The van der Waals surface area contributed by atoms with E-state index in [1.54, 1.807) is 0 Å². The van der Waals surface area contributed by atoms with Crippen LogP contribution < -0.4 is 0 Å². The smallest absolute Gasteiger partial charge is 0.308 e. The summed E-state index contributed by atoms with van der Waals surface area (Å²) in [6, 6.07) is 3.16. The van der Waals surface area contributed by atoms with E-state index in [1.165, 1.54) is 13.2 Å². The molecule has 1 N–H and O–H groups in total. The predicted octanol–water partition coefficient (Wildman–Crippen LogP) is 3.12. The molecule has 0 amide bonds. The first-order valence-corrected chi connectivity index (χ1v) is 6.82. The lowest BCUT2D eigenvalue weighted by molar-refractivity contribution is -0.146. The van der Waals surface area contributed by atoms with Crippen molar-refractivity contribution in [1.29, 1.82) is 0 Å². The van der Waals surface area contributed by atoms with E-state index in [1.807, 2.05) is 0 Å². The maximum Gasteiger partial charge on any atom is 0.308 e. The highest BCUT2D eigenvalue weighted by Gasteiger charge is 2.31. The summed E-state index contributed by atoms with van der Waals surface area (Å²) in [6.07, 6.45) is 2.38. The molecule has 0 heterocycles. The second-order valence-electron chi connectivity index (χ2n) is 5.18. The lowest BCUT2D eigenvalue weighted by Crippen LogP contribution is -2.27. The van der Waals surface area contributed by atoms with Gasteiger partial charge in [0.25, 0.3) is 0 Å². The fraction of sp³-hybridized carbons (Fsp3) is 0.467. The van der Waals surface area contributed by atoms with Gasteiger partial charge in [-0.2, -0.15) is 0 Å². The van der Waals surface area contributed by atoms with Gasteiger partial charge in [0, 0.05) is 17.5 Å². The molecule has 114 valence electrons. The molecule has 0 atom stereocenters. The Balaban J connectivity index is 2.12. The zero-order chi connectivity index (χ0) is 15.4. The van der Waals surface area contributed by atoms with Crippen LogP contribution in [0.5, 0.6) is 0 Å². The zero-order valence-corrected chi connectivity index (χ0v) is 11.7. The van der Waals surface area contributed by atoms with E-state index >= 15 is 0 Å². The second-order valence-corrected chi connectivity index (χ2v) is 5.18. The first-order valence-electron chi connectivity index (χ1n) is 6.82. The second kappa shape index (κ2) is 6.65. The van der Waals surface area contributed by atoms with Gasteiger partial charge in [0.1, 0.15) is 11.6 Å². The van der Waals surface area contributed by atoms with E-state index in [-0.39, 0.29) is 29.1 Å². The van der Waals surface area contributed by atoms with Gasteiger partial charge in [0.05, 0.1) is 18.7 Å². The fourth-order valence-corrected chi connectivity index (χ4v) is 2.82. The van der Waals surface area contributed by atoms with Crippen LogP contribution in [-0.2, 0) is 9.53 Å². The minimum Gasteiger partial charge on any atom is -0.469 e. The van der Waals surface area contributed by atoms with Gasteiger partial charge in [-0.1, -0.05) is 5.16 Å². The molecule has 4 nitrogen and oxygen atoms in total. The first kappa shape index (κ1) is 15.4. The first-order chi connectivity index (χ1) is 10.1. The molecule has 0 radical (unpaired) electrons. The Morgan fingerprint density at radius 3 is 2.38 bits per heavy atom. The van der Waals surface area contributed by atoms with Crippen molar-refractivity contribution in [1.82, 2.24) is 0 Å². The molecular weight excluding hydrogens is 280 g/mol. The number of nitrogens with zero attached hydrogens (tertiary/aromatic N) is 1. The highest BCUT2D eigenvalue weighted by molar-refractivity contribution is 6.02. The molecule has 0 aliphatic heterocycles. The summed E-state index contributed by atoms with van der Waals surface area (Å²) in [7, 11) is 1.35. The molecule has 1 aromatic carbocycles. The summed E-state index contributed by atoms with van der Waals surface area (Å²) in [5.41, 5.74) is 0.302. The number of hydrogen-bond donors (Lipinski definition) is 1. The van der Waals surface area contributed by atoms with E-state index < -0.39 is 11.6 Å². The number of oxime groups is 1. The Bertz CT molecular complexity index is 552. The molecule has 1 fully saturated rings. The molecule has 0 saturated heterocycles. The number of halogens is 2. The highest BCUT2D eigenvalue weighted by atomic mass is 19.1. The summed E-state index contributed by atoms with van der Waals surface area (Å²) in [5.74, 6) is -2.00. The SMILES string of the molecule is COC(=O)C1CCC(/C(=N\O)c2ccc(F)cc2F)CC1. The summed E-state index contributed by atoms with van der Waals surface area (Å²) in [5, 5.41) is 12.4. The van der Waals surface area contributed by atoms with Crippen molar-refractivity contribution < 1.29 is 23.5 Å². The normalized spacial score (nSPS) is 22.9. The molecule has 6 heteroatoms. The van der Waals surface area contributed by atoms with Crippen LogP contribution in [0.4, 0.5) is 8.78 Å². The van der Waals surface area contributed by atoms with E-state index in [0.29, 0.717) is 25.7 Å². The number of methoxy groups -OCH3 is 1. The summed E-state index contributed by atoms with van der Waals surface area (Å²) in [6.45, 7) is 0. The monoisotopic (exact) mass is 297 g/mol. The number of ether oxygens (including phenoxy) is 1. The number of benzene rings is 1. The van der Waals surface area contributed by atoms with Crippen molar-refractivity contribution in [3.05, 3.63) is 35.4 Å². The summed E-state index contributed by atoms with van der Waals surface area (Å²) >= 11 is 0. The summed E-state index contributed by atoms with van der Waals surface area (Å²) < 4.78 is 31.4. The third kappa shape index (κ3) is 3.37. The molecule has 0 spiro atoms. The van der Waals surface area contributed by atoms with E-state index in [9.17, 15) is 18.8 Å². The lowest BCUT2D eigenvalue weighted by Gasteiger charge is -2.27. The van der Waals surface area contributed by atoms with Gasteiger partial charge in [-0.25, -0.2) is 8.78 Å². The molecule has 2 rings (SSSR count). The van der Waals surface area contributed by atoms with Crippen LogP contribution >= 0.6 is 0 Å². The average Bonchev–Trinajstić information content (AvgIpc) is 2.50. The minimum atomic E-state index is -0.752. The van der Waals surface area contributed by atoms with Crippen molar-refractivity contribution in [2.75, 3.05) is 7.11 Å². The maximum atomic E-state index is 13.8. The Morgan fingerprint density at radius 2 is 1.86 bits per heavy atom. The fourth-order valence-electron chi connectivity index (χ4n) is 2.82. The van der Waals surface area contributed by atoms with Crippen molar-refractivity contribution in [2.24, 2.45) is 17.0 Å². The van der Waals surface area contributed by atoms with Gasteiger partial charge in [0.15, 0.2) is 0 Å². The molecule has 1 aliphatic rings. The van der Waals surface area contributed by atoms with Crippen LogP contribution in [0.3, 0.4) is 0 Å². The molecule has 0 aromatic heterocycles. The maximum absolute atomic E-state index is 13.8. The molecule has 1 saturated carbocycles. The number of rotatable bonds is 3. The Labute approximate surface area is 121 Å². The molecule has 0 bridgehead atoms. The topological polar surface area (TPSA) is 58.9 Å². The van der Waals surface area contributed by atoms with Crippen LogP contribution in [0.2, 0.25) is 0 Å². The molecule has 21 heavy (non-hydrogen) atoms. The van der Waals surface area contributed by atoms with Gasteiger partial charge in [-0.15, -0.1) is 0 Å².